The van der Waals surface area contributed by atoms with Crippen molar-refractivity contribution >= 4 is 39.6 Å². The Kier molecular flexibility index (Phi) is 10.1. The van der Waals surface area contributed by atoms with Gasteiger partial charge in [-0.25, -0.2) is 9.97 Å². The van der Waals surface area contributed by atoms with Gasteiger partial charge >= 0.3 is 0 Å². The Bertz CT molecular complexity index is 1450. The number of fused-ring (bicyclic) bond motifs is 3. The fourth-order valence-electron chi connectivity index (χ4n) is 5.01. The van der Waals surface area contributed by atoms with Gasteiger partial charge in [0.25, 0.3) is 0 Å². The fourth-order valence-corrected chi connectivity index (χ4v) is 5.01. The van der Waals surface area contributed by atoms with E-state index in [1.165, 1.54) is 11.1 Å². The van der Waals surface area contributed by atoms with E-state index in [4.69, 9.17) is 16.5 Å². The summed E-state index contributed by atoms with van der Waals surface area (Å²) in [6, 6.07) is 16.7. The maximum absolute atomic E-state index is 12.0. The lowest BCUT2D eigenvalue weighted by atomic mass is 9.99. The molecule has 6 N–H and O–H groups in total. The van der Waals surface area contributed by atoms with Crippen LogP contribution in [0.2, 0.25) is 0 Å². The molecule has 9 nitrogen and oxygen atoms in total. The van der Waals surface area contributed by atoms with E-state index in [2.05, 4.69) is 57.4 Å². The molecule has 0 aliphatic heterocycles. The van der Waals surface area contributed by atoms with Crippen LogP contribution in [0.5, 0.6) is 0 Å². The number of imidazole rings is 1. The molecule has 4 rings (SSSR count). The molecule has 0 spiro atoms. The molecule has 0 bridgehead atoms. The lowest BCUT2D eigenvalue weighted by molar-refractivity contribution is -0.123. The van der Waals surface area contributed by atoms with Crippen LogP contribution < -0.4 is 22.1 Å². The lowest BCUT2D eigenvalue weighted by Gasteiger charge is -2.12. The Morgan fingerprint density at radius 3 is 2.48 bits per heavy atom. The number of nitrogens with two attached hydrogens (primary N) is 2. The van der Waals surface area contributed by atoms with Gasteiger partial charge in [-0.3, -0.25) is 9.59 Å². The second-order valence-corrected chi connectivity index (χ2v) is 10.3. The molecule has 2 aromatic carbocycles. The first-order valence-electron chi connectivity index (χ1n) is 14.3. The van der Waals surface area contributed by atoms with Crippen molar-refractivity contribution in [3.63, 3.8) is 0 Å². The van der Waals surface area contributed by atoms with Crippen molar-refractivity contribution < 1.29 is 9.59 Å². The number of hydrogen-bond acceptors (Lipinski definition) is 6. The fraction of sp³-hybridized carbons (Fsp3) is 0.419. The maximum atomic E-state index is 12.0. The van der Waals surface area contributed by atoms with E-state index in [9.17, 15) is 9.59 Å². The quantitative estimate of drug-likeness (QED) is 0.167. The smallest absolute Gasteiger partial charge is 0.220 e. The van der Waals surface area contributed by atoms with Gasteiger partial charge in [0.2, 0.25) is 11.8 Å². The van der Waals surface area contributed by atoms with Crippen LogP contribution in [-0.4, -0.2) is 39.4 Å². The molecule has 0 fully saturated rings. The molecule has 2 aromatic heterocycles. The predicted molar refractivity (Wildman–Crippen MR) is 161 cm³/mol. The van der Waals surface area contributed by atoms with Gasteiger partial charge in [-0.1, -0.05) is 62.7 Å². The maximum Gasteiger partial charge on any atom is 0.220 e. The van der Waals surface area contributed by atoms with Crippen molar-refractivity contribution in [2.24, 2.45) is 11.7 Å². The lowest BCUT2D eigenvalue weighted by Crippen LogP contribution is -2.32. The summed E-state index contributed by atoms with van der Waals surface area (Å²) in [5.41, 5.74) is 16.7. The number of rotatable bonds is 15. The molecule has 0 saturated heterocycles. The van der Waals surface area contributed by atoms with E-state index < -0.39 is 0 Å². The van der Waals surface area contributed by atoms with Crippen molar-refractivity contribution in [2.45, 2.75) is 65.5 Å². The van der Waals surface area contributed by atoms with E-state index in [-0.39, 0.29) is 17.7 Å². The van der Waals surface area contributed by atoms with Crippen molar-refractivity contribution in [3.05, 3.63) is 65.5 Å². The van der Waals surface area contributed by atoms with Gasteiger partial charge in [0.15, 0.2) is 5.82 Å². The zero-order chi connectivity index (χ0) is 28.5. The Morgan fingerprint density at radius 2 is 1.75 bits per heavy atom. The number of para-hydroxylation sites is 1. The standard InChI is InChI=1S/C31H41N7O2/c1-3-5-10-26-37-28-29(24-8-6-7-9-25(24)36-30(28)32)38(26)20-22-13-11-21(12-14-22)19-34-17-18-35-27(39)16-15-23(4-2)31(33)40/h6-9,11-14,23,34H,3-5,10,15-20H2,1-2H3,(H2,32,36)(H2,33,40)(H,35,39)/t23-/m0/s1. The van der Waals surface area contributed by atoms with Gasteiger partial charge < -0.3 is 26.7 Å². The average molecular weight is 544 g/mol. The summed E-state index contributed by atoms with van der Waals surface area (Å²) in [7, 11) is 0. The Labute approximate surface area is 235 Å². The average Bonchev–Trinajstić information content (AvgIpc) is 3.31. The van der Waals surface area contributed by atoms with Crippen LogP contribution in [0.25, 0.3) is 21.9 Å². The van der Waals surface area contributed by atoms with Gasteiger partial charge in [-0.15, -0.1) is 0 Å². The van der Waals surface area contributed by atoms with E-state index >= 15 is 0 Å². The third-order valence-corrected chi connectivity index (χ3v) is 7.38. The minimum Gasteiger partial charge on any atom is -0.382 e. The van der Waals surface area contributed by atoms with Gasteiger partial charge in [0.1, 0.15) is 11.3 Å². The number of nitrogens with zero attached hydrogens (tertiary/aromatic N) is 3. The number of hydrogen-bond donors (Lipinski definition) is 4. The first-order chi connectivity index (χ1) is 19.4. The number of unbranched alkanes of at least 4 members (excludes halogenated alkanes) is 1. The van der Waals surface area contributed by atoms with E-state index in [0.717, 1.165) is 47.0 Å². The molecular formula is C31H41N7O2. The zero-order valence-corrected chi connectivity index (χ0v) is 23.6. The Hall–Kier alpha value is -3.98. The summed E-state index contributed by atoms with van der Waals surface area (Å²) in [6.07, 6.45) is 4.51. The highest BCUT2D eigenvalue weighted by Crippen LogP contribution is 2.30. The molecule has 0 saturated carbocycles. The van der Waals surface area contributed by atoms with Crippen LogP contribution in [0.4, 0.5) is 5.82 Å². The number of nitrogens with one attached hydrogen (secondary N) is 2. The number of pyridine rings is 1. The van der Waals surface area contributed by atoms with Crippen LogP contribution in [-0.2, 0) is 29.1 Å². The summed E-state index contributed by atoms with van der Waals surface area (Å²) in [4.78, 5) is 32.9. The first-order valence-corrected chi connectivity index (χ1v) is 14.3. The molecular weight excluding hydrogens is 502 g/mol. The molecule has 0 aliphatic carbocycles. The SMILES string of the molecule is CCCCc1nc2c(N)nc3ccccc3c2n1Cc1ccc(CNCCNC(=O)CC[C@H](CC)C(N)=O)cc1. The number of carbonyl (C=O) groups excluding carboxylic acids is 2. The van der Waals surface area contributed by atoms with Gasteiger partial charge in [-0.2, -0.15) is 0 Å². The van der Waals surface area contributed by atoms with Crippen LogP contribution in [0.1, 0.15) is 62.9 Å². The summed E-state index contributed by atoms with van der Waals surface area (Å²) >= 11 is 0. The van der Waals surface area contributed by atoms with E-state index in [0.29, 0.717) is 51.3 Å². The number of benzene rings is 2. The number of aryl methyl sites for hydroxylation is 1. The summed E-state index contributed by atoms with van der Waals surface area (Å²) < 4.78 is 2.30. The Morgan fingerprint density at radius 1 is 1.00 bits per heavy atom. The molecule has 212 valence electrons. The monoisotopic (exact) mass is 543 g/mol. The first kappa shape index (κ1) is 29.0. The summed E-state index contributed by atoms with van der Waals surface area (Å²) in [6.45, 7) is 6.70. The number of aromatic nitrogens is 3. The Balaban J connectivity index is 1.35. The number of nitrogen functional groups attached to an aromatic ring is 1. The van der Waals surface area contributed by atoms with Crippen LogP contribution in [0, 0.1) is 5.92 Å². The highest BCUT2D eigenvalue weighted by atomic mass is 16.2. The van der Waals surface area contributed by atoms with E-state index in [1.807, 2.05) is 25.1 Å². The summed E-state index contributed by atoms with van der Waals surface area (Å²) in [5.74, 6) is 0.875. The number of carbonyl (C=O) groups is 2. The highest BCUT2D eigenvalue weighted by molar-refractivity contribution is 6.06. The van der Waals surface area contributed by atoms with Crippen molar-refractivity contribution in [1.29, 1.82) is 0 Å². The molecule has 0 unspecified atom stereocenters. The zero-order valence-electron chi connectivity index (χ0n) is 23.6. The number of anilines is 1. The molecule has 1 atom stereocenters. The molecule has 0 radical (unpaired) electrons. The summed E-state index contributed by atoms with van der Waals surface area (Å²) in [5, 5.41) is 7.33. The van der Waals surface area contributed by atoms with Gasteiger partial charge in [0.05, 0.1) is 11.0 Å². The third kappa shape index (κ3) is 7.15. The molecule has 40 heavy (non-hydrogen) atoms. The third-order valence-electron chi connectivity index (χ3n) is 7.38. The van der Waals surface area contributed by atoms with E-state index in [1.54, 1.807) is 0 Å². The molecule has 4 aromatic rings. The molecule has 2 amide bonds. The second kappa shape index (κ2) is 13.9. The van der Waals surface area contributed by atoms with Crippen LogP contribution in [0.3, 0.4) is 0 Å². The molecule has 9 heteroatoms. The normalized spacial score (nSPS) is 12.2. The van der Waals surface area contributed by atoms with Crippen LogP contribution in [0.15, 0.2) is 48.5 Å². The van der Waals surface area contributed by atoms with Crippen molar-refractivity contribution in [3.8, 4) is 0 Å². The molecule has 2 heterocycles. The number of primary amides is 1. The molecule has 0 aliphatic rings. The minimum atomic E-state index is -0.339. The van der Waals surface area contributed by atoms with Crippen molar-refractivity contribution in [1.82, 2.24) is 25.2 Å². The topological polar surface area (TPSA) is 141 Å². The van der Waals surface area contributed by atoms with Gasteiger partial charge in [0, 0.05) is 50.3 Å². The highest BCUT2D eigenvalue weighted by Gasteiger charge is 2.17. The largest absolute Gasteiger partial charge is 0.382 e. The van der Waals surface area contributed by atoms with Crippen LogP contribution >= 0.6 is 0 Å². The predicted octanol–water partition coefficient (Wildman–Crippen LogP) is 4.06. The van der Waals surface area contributed by atoms with Crippen molar-refractivity contribution in [2.75, 3.05) is 18.8 Å². The minimum absolute atomic E-state index is 0.0542. The number of amides is 2. The van der Waals surface area contributed by atoms with Gasteiger partial charge in [-0.05, 0) is 36.5 Å². The second-order valence-electron chi connectivity index (χ2n) is 10.3.